The number of nitrogens with one attached hydrogen (secondary N) is 2. The number of hydrogen-bond donors (Lipinski definition) is 2. The zero-order valence-corrected chi connectivity index (χ0v) is 22.9. The predicted molar refractivity (Wildman–Crippen MR) is 147 cm³/mol. The molecule has 3 aromatic heterocycles. The first kappa shape index (κ1) is 28.0. The number of aromatic amines is 1. The molecule has 11 nitrogen and oxygen atoms in total. The second kappa shape index (κ2) is 11.8. The summed E-state index contributed by atoms with van der Waals surface area (Å²) in [6.45, 7) is 7.69. The van der Waals surface area contributed by atoms with Crippen molar-refractivity contribution in [1.29, 1.82) is 0 Å². The van der Waals surface area contributed by atoms with E-state index in [0.717, 1.165) is 11.1 Å². The minimum absolute atomic E-state index is 0.128. The highest BCUT2D eigenvalue weighted by Gasteiger charge is 2.27. The van der Waals surface area contributed by atoms with Crippen molar-refractivity contribution in [3.63, 3.8) is 0 Å². The van der Waals surface area contributed by atoms with Gasteiger partial charge in [-0.2, -0.15) is 5.10 Å². The number of carbonyl (C=O) groups excluding carboxylic acids is 1. The molecule has 0 aliphatic rings. The molecule has 0 radical (unpaired) electrons. The molecule has 0 saturated carbocycles. The molecule has 2 N–H and O–H groups in total. The Hall–Kier alpha value is -4.05. The average molecular weight is 549 g/mol. The van der Waals surface area contributed by atoms with Crippen LogP contribution in [0.3, 0.4) is 0 Å². The molecule has 1 aromatic carbocycles. The van der Waals surface area contributed by atoms with Gasteiger partial charge in [-0.1, -0.05) is 18.2 Å². The number of benzene rings is 1. The maximum Gasteiger partial charge on any atom is 0.361 e. The largest absolute Gasteiger partial charge is 0.361 e. The van der Waals surface area contributed by atoms with E-state index in [1.165, 1.54) is 12.4 Å². The van der Waals surface area contributed by atoms with E-state index in [9.17, 15) is 14.2 Å². The number of carbonyl (C=O) groups is 1. The highest BCUT2D eigenvalue weighted by Crippen LogP contribution is 2.46. The molecule has 0 spiro atoms. The van der Waals surface area contributed by atoms with Gasteiger partial charge in [0.05, 0.1) is 29.8 Å². The van der Waals surface area contributed by atoms with Gasteiger partial charge in [0.2, 0.25) is 0 Å². The summed E-state index contributed by atoms with van der Waals surface area (Å²) in [7, 11) is -3.37. The fraction of sp³-hybridized carbons (Fsp3) is 0.259. The topological polar surface area (TPSA) is 149 Å². The third-order valence-corrected chi connectivity index (χ3v) is 7.97. The van der Waals surface area contributed by atoms with Crippen molar-refractivity contribution in [3.8, 4) is 22.8 Å². The van der Waals surface area contributed by atoms with Crippen LogP contribution in [0.25, 0.3) is 22.8 Å². The molecule has 0 unspecified atom stereocenters. The summed E-state index contributed by atoms with van der Waals surface area (Å²) in [6, 6.07) is 14.0. The molecular formula is C27H29N6O5P. The summed E-state index contributed by atoms with van der Waals surface area (Å²) in [5.74, 6) is -0.359. The van der Waals surface area contributed by atoms with Gasteiger partial charge in [0, 0.05) is 24.2 Å². The Morgan fingerprint density at radius 1 is 0.974 bits per heavy atom. The van der Waals surface area contributed by atoms with Gasteiger partial charge < -0.3 is 19.3 Å². The molecular weight excluding hydrogens is 519 g/mol. The lowest BCUT2D eigenvalue weighted by Gasteiger charge is -2.26. The minimum atomic E-state index is -3.37. The molecule has 0 bridgehead atoms. The summed E-state index contributed by atoms with van der Waals surface area (Å²) >= 11 is 0. The van der Waals surface area contributed by atoms with E-state index in [-0.39, 0.29) is 24.6 Å². The van der Waals surface area contributed by atoms with Crippen LogP contribution in [0.5, 0.6) is 0 Å². The molecule has 4 rings (SSSR count). The van der Waals surface area contributed by atoms with Crippen molar-refractivity contribution >= 4 is 18.8 Å². The van der Waals surface area contributed by atoms with Gasteiger partial charge in [-0.25, -0.2) is 4.98 Å². The van der Waals surface area contributed by atoms with Gasteiger partial charge in [0.25, 0.3) is 11.5 Å². The summed E-state index contributed by atoms with van der Waals surface area (Å²) in [6.07, 6.45) is 4.39. The SMILES string of the molecule is CCOP(=O)(OCC)c1ccc(-c2ccc(C(C)(C)NC(=O)c3cnc(-c4cccnn4)[nH]c3=O)cn2)cc1. The third-order valence-electron chi connectivity index (χ3n) is 5.85. The maximum atomic E-state index is 13.0. The molecule has 0 atom stereocenters. The normalized spacial score (nSPS) is 11.8. The molecule has 1 amide bonds. The van der Waals surface area contributed by atoms with Crippen LogP contribution in [0.4, 0.5) is 0 Å². The Labute approximate surface area is 225 Å². The lowest BCUT2D eigenvalue weighted by molar-refractivity contribution is 0.0910. The van der Waals surface area contributed by atoms with Crippen molar-refractivity contribution in [2.24, 2.45) is 0 Å². The zero-order chi connectivity index (χ0) is 28.0. The third kappa shape index (κ3) is 6.34. The predicted octanol–water partition coefficient (Wildman–Crippen LogP) is 3.85. The average Bonchev–Trinajstić information content (AvgIpc) is 2.93. The fourth-order valence-corrected chi connectivity index (χ4v) is 5.38. The van der Waals surface area contributed by atoms with Crippen LogP contribution in [0.15, 0.2) is 71.9 Å². The van der Waals surface area contributed by atoms with Crippen LogP contribution in [-0.2, 0) is 19.2 Å². The van der Waals surface area contributed by atoms with Crippen molar-refractivity contribution in [3.05, 3.63) is 88.6 Å². The number of pyridine rings is 1. The van der Waals surface area contributed by atoms with Crippen LogP contribution >= 0.6 is 7.60 Å². The van der Waals surface area contributed by atoms with Crippen molar-refractivity contribution < 1.29 is 18.4 Å². The van der Waals surface area contributed by atoms with Gasteiger partial charge in [-0.05, 0) is 63.6 Å². The molecule has 39 heavy (non-hydrogen) atoms. The molecule has 12 heteroatoms. The summed E-state index contributed by atoms with van der Waals surface area (Å²) in [5, 5.41) is 11.0. The molecule has 0 aliphatic heterocycles. The van der Waals surface area contributed by atoms with Crippen molar-refractivity contribution in [2.45, 2.75) is 33.2 Å². The fourth-order valence-electron chi connectivity index (χ4n) is 3.81. The lowest BCUT2D eigenvalue weighted by Crippen LogP contribution is -2.43. The number of amides is 1. The Kier molecular flexibility index (Phi) is 8.44. The molecule has 202 valence electrons. The monoisotopic (exact) mass is 548 g/mol. The van der Waals surface area contributed by atoms with Gasteiger partial charge >= 0.3 is 7.60 Å². The van der Waals surface area contributed by atoms with Crippen LogP contribution < -0.4 is 16.2 Å². The van der Waals surface area contributed by atoms with E-state index in [1.54, 1.807) is 56.4 Å². The van der Waals surface area contributed by atoms with Gasteiger partial charge in [-0.3, -0.25) is 19.1 Å². The van der Waals surface area contributed by atoms with Gasteiger partial charge in [0.15, 0.2) is 5.82 Å². The van der Waals surface area contributed by atoms with Gasteiger partial charge in [-0.15, -0.1) is 5.10 Å². The first-order valence-corrected chi connectivity index (χ1v) is 13.9. The molecule has 0 fully saturated rings. The van der Waals surface area contributed by atoms with Crippen molar-refractivity contribution in [2.75, 3.05) is 13.2 Å². The van der Waals surface area contributed by atoms with Crippen LogP contribution in [0.2, 0.25) is 0 Å². The van der Waals surface area contributed by atoms with E-state index < -0.39 is 24.6 Å². The Bertz CT molecular complexity index is 1530. The second-order valence-electron chi connectivity index (χ2n) is 8.97. The molecule has 0 saturated heterocycles. The van der Waals surface area contributed by atoms with E-state index in [1.807, 2.05) is 26.0 Å². The smallest absolute Gasteiger partial charge is 0.343 e. The molecule has 4 aromatic rings. The lowest BCUT2D eigenvalue weighted by atomic mass is 9.95. The zero-order valence-electron chi connectivity index (χ0n) is 22.0. The molecule has 0 aliphatic carbocycles. The van der Waals surface area contributed by atoms with Crippen LogP contribution in [0, 0.1) is 0 Å². The van der Waals surface area contributed by atoms with Crippen molar-refractivity contribution in [1.82, 2.24) is 30.5 Å². The summed E-state index contributed by atoms with van der Waals surface area (Å²) < 4.78 is 23.8. The number of hydrogen-bond acceptors (Lipinski definition) is 9. The van der Waals surface area contributed by atoms with E-state index in [0.29, 0.717) is 16.7 Å². The van der Waals surface area contributed by atoms with Crippen LogP contribution in [-0.4, -0.2) is 44.3 Å². The minimum Gasteiger partial charge on any atom is -0.343 e. The number of rotatable bonds is 10. The highest BCUT2D eigenvalue weighted by molar-refractivity contribution is 7.62. The quantitative estimate of drug-likeness (QED) is 0.282. The second-order valence-corrected chi connectivity index (χ2v) is 11.0. The Morgan fingerprint density at radius 3 is 2.26 bits per heavy atom. The van der Waals surface area contributed by atoms with E-state index >= 15 is 0 Å². The highest BCUT2D eigenvalue weighted by atomic mass is 31.2. The van der Waals surface area contributed by atoms with Crippen LogP contribution in [0.1, 0.15) is 43.6 Å². The first-order valence-electron chi connectivity index (χ1n) is 12.3. The number of H-pyrrole nitrogens is 1. The first-order chi connectivity index (χ1) is 18.7. The van der Waals surface area contributed by atoms with E-state index in [2.05, 4.69) is 30.5 Å². The number of nitrogens with zero attached hydrogens (tertiary/aromatic N) is 4. The van der Waals surface area contributed by atoms with Gasteiger partial charge in [0.1, 0.15) is 11.3 Å². The maximum absolute atomic E-state index is 13.0. The summed E-state index contributed by atoms with van der Waals surface area (Å²) in [4.78, 5) is 36.8. The number of aromatic nitrogens is 5. The summed E-state index contributed by atoms with van der Waals surface area (Å²) in [5.41, 5.74) is 1.06. The Morgan fingerprint density at radius 2 is 1.69 bits per heavy atom. The molecule has 3 heterocycles. The standard InChI is InChI=1S/C27H29N6O5P/c1-5-37-39(36,38-6-2)20-12-9-18(10-13-20)22-14-11-19(16-28-22)27(3,4)32-26(35)21-17-29-24(31-25(21)34)23-8-7-15-30-33-23/h7-17H,5-6H2,1-4H3,(H,32,35)(H,29,31,34). The van der Waals surface area contributed by atoms with E-state index in [4.69, 9.17) is 9.05 Å². The Balaban J connectivity index is 1.48.